The van der Waals surface area contributed by atoms with Crippen molar-refractivity contribution >= 4 is 11.6 Å². The molecule has 0 bridgehead atoms. The van der Waals surface area contributed by atoms with Crippen LogP contribution in [0.4, 0.5) is 0 Å². The van der Waals surface area contributed by atoms with E-state index in [1.165, 1.54) is 19.3 Å². The summed E-state index contributed by atoms with van der Waals surface area (Å²) in [4.78, 5) is 21.9. The Balaban J connectivity index is 3.00. The quantitative estimate of drug-likeness (QED) is 0.517. The second-order valence-electron chi connectivity index (χ2n) is 2.27. The summed E-state index contributed by atoms with van der Waals surface area (Å²) in [6, 6.07) is 0. The van der Waals surface area contributed by atoms with Crippen molar-refractivity contribution in [3.05, 3.63) is 23.5 Å². The van der Waals surface area contributed by atoms with Crippen LogP contribution in [0, 0.1) is 0 Å². The van der Waals surface area contributed by atoms with Crippen LogP contribution >= 0.6 is 0 Å². The summed E-state index contributed by atoms with van der Waals surface area (Å²) < 4.78 is 4.69. The number of ether oxygens (including phenoxy) is 1. The van der Waals surface area contributed by atoms with Crippen LogP contribution in [0.3, 0.4) is 0 Å². The first-order valence-electron chi connectivity index (χ1n) is 3.18. The predicted octanol–water partition coefficient (Wildman–Crippen LogP) is 0.615. The Labute approximate surface area is 64.3 Å². The Morgan fingerprint density at radius 3 is 2.45 bits per heavy atom. The summed E-state index contributed by atoms with van der Waals surface area (Å²) >= 11 is 0. The highest BCUT2D eigenvalue weighted by Gasteiger charge is 2.18. The largest absolute Gasteiger partial charge is 0.493 e. The van der Waals surface area contributed by atoms with Gasteiger partial charge in [0.25, 0.3) is 0 Å². The van der Waals surface area contributed by atoms with E-state index in [0.29, 0.717) is 5.57 Å². The molecule has 11 heavy (non-hydrogen) atoms. The van der Waals surface area contributed by atoms with Gasteiger partial charge in [-0.1, -0.05) is 0 Å². The summed E-state index contributed by atoms with van der Waals surface area (Å²) in [5.41, 5.74) is 0.425. The first-order valence-corrected chi connectivity index (χ1v) is 3.18. The maximum Gasteiger partial charge on any atom is 0.223 e. The van der Waals surface area contributed by atoms with Gasteiger partial charge in [-0.3, -0.25) is 9.59 Å². The molecule has 1 aliphatic rings. The molecule has 0 aromatic rings. The Bertz CT molecular complexity index is 271. The smallest absolute Gasteiger partial charge is 0.223 e. The molecule has 0 aromatic heterocycles. The van der Waals surface area contributed by atoms with Crippen LogP contribution in [0.15, 0.2) is 23.5 Å². The van der Waals surface area contributed by atoms with Gasteiger partial charge < -0.3 is 4.74 Å². The van der Waals surface area contributed by atoms with Gasteiger partial charge in [-0.25, -0.2) is 0 Å². The minimum Gasteiger partial charge on any atom is -0.493 e. The van der Waals surface area contributed by atoms with Gasteiger partial charge in [-0.15, -0.1) is 0 Å². The number of hydrogen-bond acceptors (Lipinski definition) is 3. The first-order chi connectivity index (χ1) is 5.15. The molecule has 0 amide bonds. The zero-order valence-corrected chi connectivity index (χ0v) is 6.38. The lowest BCUT2D eigenvalue weighted by atomic mass is 10.0. The van der Waals surface area contributed by atoms with Crippen LogP contribution in [0.25, 0.3) is 0 Å². The molecule has 1 aliphatic carbocycles. The van der Waals surface area contributed by atoms with Crippen molar-refractivity contribution in [1.82, 2.24) is 0 Å². The summed E-state index contributed by atoms with van der Waals surface area (Å²) in [6.45, 7) is 1.59. The molecule has 0 atom stereocenters. The van der Waals surface area contributed by atoms with E-state index in [4.69, 9.17) is 4.74 Å². The molecule has 0 aromatic carbocycles. The summed E-state index contributed by atoms with van der Waals surface area (Å²) in [6.07, 6.45) is 2.49. The fourth-order valence-corrected chi connectivity index (χ4v) is 0.861. The second kappa shape index (κ2) is 2.70. The Hall–Kier alpha value is -1.38. The van der Waals surface area contributed by atoms with E-state index in [1.54, 1.807) is 6.92 Å². The molecule has 0 spiro atoms. The van der Waals surface area contributed by atoms with Crippen molar-refractivity contribution in [1.29, 1.82) is 0 Å². The van der Waals surface area contributed by atoms with Crippen LogP contribution in [-0.4, -0.2) is 18.7 Å². The van der Waals surface area contributed by atoms with E-state index in [0.717, 1.165) is 0 Å². The average molecular weight is 152 g/mol. The highest BCUT2D eigenvalue weighted by atomic mass is 16.5. The van der Waals surface area contributed by atoms with E-state index in [1.807, 2.05) is 0 Å². The molecule has 0 fully saturated rings. The minimum atomic E-state index is -0.216. The molecular formula is C8H8O3. The Morgan fingerprint density at radius 2 is 1.91 bits per heavy atom. The molecule has 3 heteroatoms. The molecule has 0 saturated heterocycles. The topological polar surface area (TPSA) is 43.4 Å². The Kier molecular flexibility index (Phi) is 1.89. The average Bonchev–Trinajstić information content (AvgIpc) is 1.96. The molecule has 0 aliphatic heterocycles. The van der Waals surface area contributed by atoms with Gasteiger partial charge in [0.2, 0.25) is 5.78 Å². The van der Waals surface area contributed by atoms with Gasteiger partial charge in [0.05, 0.1) is 7.11 Å². The van der Waals surface area contributed by atoms with Crippen molar-refractivity contribution in [2.24, 2.45) is 0 Å². The highest BCUT2D eigenvalue weighted by molar-refractivity contribution is 6.18. The number of rotatable bonds is 1. The molecule has 0 heterocycles. The predicted molar refractivity (Wildman–Crippen MR) is 38.9 cm³/mol. The fourth-order valence-electron chi connectivity index (χ4n) is 0.861. The van der Waals surface area contributed by atoms with Gasteiger partial charge in [0.1, 0.15) is 0 Å². The Morgan fingerprint density at radius 1 is 1.27 bits per heavy atom. The number of Topliss-reactive ketones (excluding diaryl/α,β-unsaturated/α-hetero) is 1. The number of carbonyl (C=O) groups is 2. The number of carbonyl (C=O) groups excluding carboxylic acids is 2. The van der Waals surface area contributed by atoms with E-state index >= 15 is 0 Å². The van der Waals surface area contributed by atoms with Crippen molar-refractivity contribution in [3.8, 4) is 0 Å². The minimum absolute atomic E-state index is 0.120. The van der Waals surface area contributed by atoms with Gasteiger partial charge in [-0.2, -0.15) is 0 Å². The summed E-state index contributed by atoms with van der Waals surface area (Å²) in [5.74, 6) is -0.291. The molecule has 0 unspecified atom stereocenters. The maximum absolute atomic E-state index is 11.1. The van der Waals surface area contributed by atoms with Crippen molar-refractivity contribution in [2.45, 2.75) is 6.92 Å². The third-order valence-electron chi connectivity index (χ3n) is 1.43. The van der Waals surface area contributed by atoms with Crippen LogP contribution in [0.2, 0.25) is 0 Å². The number of allylic oxidation sites excluding steroid dienone is 3. The molecule has 58 valence electrons. The SMILES string of the molecule is COC1=CC(=O)C=C(C)C1=O. The van der Waals surface area contributed by atoms with Crippen molar-refractivity contribution in [3.63, 3.8) is 0 Å². The number of hydrogen-bond donors (Lipinski definition) is 0. The molecule has 0 radical (unpaired) electrons. The molecule has 3 nitrogen and oxygen atoms in total. The van der Waals surface area contributed by atoms with Crippen LogP contribution in [0.5, 0.6) is 0 Å². The van der Waals surface area contributed by atoms with Crippen LogP contribution in [0.1, 0.15) is 6.92 Å². The summed E-state index contributed by atoms with van der Waals surface area (Å²) in [7, 11) is 1.37. The van der Waals surface area contributed by atoms with Crippen molar-refractivity contribution in [2.75, 3.05) is 7.11 Å². The highest BCUT2D eigenvalue weighted by Crippen LogP contribution is 2.11. The second-order valence-corrected chi connectivity index (χ2v) is 2.27. The lowest BCUT2D eigenvalue weighted by molar-refractivity contribution is -0.117. The molecular weight excluding hydrogens is 144 g/mol. The van der Waals surface area contributed by atoms with Crippen LogP contribution < -0.4 is 0 Å². The number of methoxy groups -OCH3 is 1. The fraction of sp³-hybridized carbons (Fsp3) is 0.250. The van der Waals surface area contributed by atoms with E-state index in [-0.39, 0.29) is 17.3 Å². The third-order valence-corrected chi connectivity index (χ3v) is 1.43. The monoisotopic (exact) mass is 152 g/mol. The summed E-state index contributed by atoms with van der Waals surface area (Å²) in [5, 5.41) is 0. The third kappa shape index (κ3) is 1.37. The molecule has 1 rings (SSSR count). The van der Waals surface area contributed by atoms with E-state index in [9.17, 15) is 9.59 Å². The lowest BCUT2D eigenvalue weighted by Gasteiger charge is -2.07. The normalized spacial score (nSPS) is 17.6. The molecule has 0 saturated carbocycles. The maximum atomic E-state index is 11.1. The zero-order valence-electron chi connectivity index (χ0n) is 6.38. The lowest BCUT2D eigenvalue weighted by Crippen LogP contribution is -2.13. The van der Waals surface area contributed by atoms with Gasteiger partial charge in [0.15, 0.2) is 11.5 Å². The van der Waals surface area contributed by atoms with Gasteiger partial charge >= 0.3 is 0 Å². The number of ketones is 2. The first kappa shape index (κ1) is 7.72. The van der Waals surface area contributed by atoms with Gasteiger partial charge in [-0.05, 0) is 13.0 Å². The molecule has 0 N–H and O–H groups in total. The standard InChI is InChI=1S/C8H8O3/c1-5-3-6(9)4-7(11-2)8(5)10/h3-4H,1-2H3. The van der Waals surface area contributed by atoms with E-state index in [2.05, 4.69) is 0 Å². The zero-order chi connectivity index (χ0) is 8.43. The van der Waals surface area contributed by atoms with Gasteiger partial charge in [0, 0.05) is 11.6 Å². The van der Waals surface area contributed by atoms with E-state index < -0.39 is 0 Å². The van der Waals surface area contributed by atoms with Crippen molar-refractivity contribution < 1.29 is 14.3 Å². The van der Waals surface area contributed by atoms with Crippen LogP contribution in [-0.2, 0) is 14.3 Å².